The van der Waals surface area contributed by atoms with E-state index in [1.807, 2.05) is 84.9 Å². The van der Waals surface area contributed by atoms with Gasteiger partial charge in [-0.2, -0.15) is 0 Å². The van der Waals surface area contributed by atoms with Crippen molar-refractivity contribution in [1.29, 1.82) is 0 Å². The second kappa shape index (κ2) is 14.1. The summed E-state index contributed by atoms with van der Waals surface area (Å²) in [7, 11) is 0. The van der Waals surface area contributed by atoms with Crippen LogP contribution in [0.3, 0.4) is 0 Å². The summed E-state index contributed by atoms with van der Waals surface area (Å²) in [5.41, 5.74) is 8.95. The van der Waals surface area contributed by atoms with Crippen LogP contribution >= 0.6 is 0 Å². The average molecular weight is 642 g/mol. The van der Waals surface area contributed by atoms with Gasteiger partial charge in [-0.25, -0.2) is 0 Å². The maximum Gasteiger partial charge on any atom is 0.287 e. The maximum atomic E-state index is 13.1. The molecule has 248 valence electrons. The molecule has 1 heterocycles. The van der Waals surface area contributed by atoms with Gasteiger partial charge in [0.1, 0.15) is 19.0 Å². The van der Waals surface area contributed by atoms with E-state index in [1.165, 1.54) is 35.1 Å². The van der Waals surface area contributed by atoms with E-state index in [2.05, 4.69) is 52.1 Å². The molecule has 1 N–H and O–H groups in total. The molecule has 6 rings (SSSR count). The highest BCUT2D eigenvalue weighted by molar-refractivity contribution is 5.91. The second-order valence-corrected chi connectivity index (χ2v) is 14.4. The van der Waals surface area contributed by atoms with E-state index in [1.54, 1.807) is 6.07 Å². The molecule has 0 saturated heterocycles. The third kappa shape index (κ3) is 7.84. The highest BCUT2D eigenvalue weighted by atomic mass is 16.5. The molecule has 4 aromatic carbocycles. The Bertz CT molecular complexity index is 1850. The summed E-state index contributed by atoms with van der Waals surface area (Å²) >= 11 is 0. The number of ether oxygens (including phenoxy) is 2. The molecule has 5 nitrogen and oxygen atoms in total. The molecule has 0 radical (unpaired) electrons. The van der Waals surface area contributed by atoms with Crippen molar-refractivity contribution in [2.75, 3.05) is 6.54 Å². The zero-order valence-corrected chi connectivity index (χ0v) is 28.9. The fourth-order valence-corrected chi connectivity index (χ4v) is 6.56. The van der Waals surface area contributed by atoms with Gasteiger partial charge in [0, 0.05) is 13.0 Å². The molecule has 0 fully saturated rings. The van der Waals surface area contributed by atoms with E-state index in [0.717, 1.165) is 22.5 Å². The van der Waals surface area contributed by atoms with Crippen LogP contribution in [0.4, 0.5) is 0 Å². The van der Waals surface area contributed by atoms with Gasteiger partial charge < -0.3 is 19.2 Å². The summed E-state index contributed by atoms with van der Waals surface area (Å²) < 4.78 is 18.5. The van der Waals surface area contributed by atoms with E-state index in [4.69, 9.17) is 13.9 Å². The minimum atomic E-state index is -0.213. The van der Waals surface area contributed by atoms with Crippen molar-refractivity contribution in [3.05, 3.63) is 154 Å². The monoisotopic (exact) mass is 641 g/mol. The van der Waals surface area contributed by atoms with Crippen LogP contribution in [-0.4, -0.2) is 12.5 Å². The quantitative estimate of drug-likeness (QED) is 0.147. The fraction of sp³-hybridized carbons (Fsp3) is 0.326. The zero-order chi connectivity index (χ0) is 33.7. The van der Waals surface area contributed by atoms with Gasteiger partial charge in [0.25, 0.3) is 5.91 Å². The molecular weight excluding hydrogens is 594 g/mol. The molecule has 1 aliphatic rings. The van der Waals surface area contributed by atoms with Crippen LogP contribution in [0.25, 0.3) is 0 Å². The van der Waals surface area contributed by atoms with Crippen molar-refractivity contribution in [3.63, 3.8) is 0 Å². The Morgan fingerprint density at radius 1 is 0.708 bits per heavy atom. The molecule has 0 saturated carbocycles. The Labute approximate surface area is 285 Å². The molecular formula is C43H47NO4. The van der Waals surface area contributed by atoms with Gasteiger partial charge in [-0.3, -0.25) is 4.79 Å². The minimum absolute atomic E-state index is 0.145. The topological polar surface area (TPSA) is 60.7 Å². The molecule has 1 aromatic heterocycles. The maximum absolute atomic E-state index is 13.1. The van der Waals surface area contributed by atoms with Crippen molar-refractivity contribution in [3.8, 4) is 11.5 Å². The molecule has 5 aromatic rings. The number of hydrogen-bond acceptors (Lipinski definition) is 4. The van der Waals surface area contributed by atoms with Gasteiger partial charge in [0.15, 0.2) is 17.3 Å². The van der Waals surface area contributed by atoms with Gasteiger partial charge in [-0.05, 0) is 100 Å². The third-order valence-electron chi connectivity index (χ3n) is 9.74. The first-order chi connectivity index (χ1) is 23.1. The van der Waals surface area contributed by atoms with Crippen LogP contribution < -0.4 is 14.8 Å². The Morgan fingerprint density at radius 2 is 1.31 bits per heavy atom. The summed E-state index contributed by atoms with van der Waals surface area (Å²) in [6, 6.07) is 34.6. The standard InChI is InChI=1S/C43H47NO4/c1-30-24-36-37(43(4,5)22-21-42(36,2)3)27-34(30)26-35-17-19-39(48-35)41(45)44-23-20-31-16-18-38(46-28-32-12-8-6-9-13-32)40(25-31)47-29-33-14-10-7-11-15-33/h6-19,24-25,27H,20-23,26,28-29H2,1-5H3,(H,44,45). The molecule has 0 spiro atoms. The van der Waals surface area contributed by atoms with Crippen LogP contribution in [-0.2, 0) is 36.9 Å². The predicted octanol–water partition coefficient (Wildman–Crippen LogP) is 9.66. The largest absolute Gasteiger partial charge is 0.485 e. The number of benzene rings is 4. The van der Waals surface area contributed by atoms with Gasteiger partial charge >= 0.3 is 0 Å². The van der Waals surface area contributed by atoms with Crippen LogP contribution in [0.5, 0.6) is 11.5 Å². The van der Waals surface area contributed by atoms with Crippen molar-refractivity contribution < 1.29 is 18.7 Å². The van der Waals surface area contributed by atoms with E-state index >= 15 is 0 Å². The van der Waals surface area contributed by atoms with Crippen molar-refractivity contribution in [2.24, 2.45) is 0 Å². The number of rotatable bonds is 12. The van der Waals surface area contributed by atoms with Crippen LogP contribution in [0.2, 0.25) is 0 Å². The van der Waals surface area contributed by atoms with Crippen molar-refractivity contribution in [2.45, 2.75) is 84.3 Å². The summed E-state index contributed by atoms with van der Waals surface area (Å²) in [6.07, 6.45) is 3.67. The van der Waals surface area contributed by atoms with Crippen LogP contribution in [0.15, 0.2) is 108 Å². The molecule has 1 amide bonds. The van der Waals surface area contributed by atoms with E-state index < -0.39 is 0 Å². The van der Waals surface area contributed by atoms with Crippen LogP contribution in [0, 0.1) is 6.92 Å². The van der Waals surface area contributed by atoms with Gasteiger partial charge in [0.2, 0.25) is 0 Å². The molecule has 0 unspecified atom stereocenters. The average Bonchev–Trinajstić information content (AvgIpc) is 3.56. The van der Waals surface area contributed by atoms with Gasteiger partial charge in [0.05, 0.1) is 0 Å². The smallest absolute Gasteiger partial charge is 0.287 e. The molecule has 1 aliphatic carbocycles. The number of hydrogen-bond donors (Lipinski definition) is 1. The lowest BCUT2D eigenvalue weighted by atomic mass is 9.62. The van der Waals surface area contributed by atoms with E-state index in [-0.39, 0.29) is 16.7 Å². The molecule has 0 atom stereocenters. The normalized spacial score (nSPS) is 14.6. The summed E-state index contributed by atoms with van der Waals surface area (Å²) in [5.74, 6) is 2.28. The number of furan rings is 1. The second-order valence-electron chi connectivity index (χ2n) is 14.4. The first-order valence-corrected chi connectivity index (χ1v) is 17.1. The van der Waals surface area contributed by atoms with Crippen LogP contribution in [0.1, 0.15) is 95.8 Å². The number of carbonyl (C=O) groups excluding carboxylic acids is 1. The fourth-order valence-electron chi connectivity index (χ4n) is 6.56. The SMILES string of the molecule is Cc1cc2c(cc1Cc1ccc(C(=O)NCCc3ccc(OCc4ccccc4)c(OCc4ccccc4)c3)o1)C(C)(C)CCC2(C)C. The Kier molecular flexibility index (Phi) is 9.77. The first kappa shape index (κ1) is 33.1. The molecule has 5 heteroatoms. The summed E-state index contributed by atoms with van der Waals surface area (Å²) in [4.78, 5) is 13.1. The zero-order valence-electron chi connectivity index (χ0n) is 28.9. The Balaban J connectivity index is 1.08. The molecule has 0 aliphatic heterocycles. The minimum Gasteiger partial charge on any atom is -0.485 e. The third-order valence-corrected chi connectivity index (χ3v) is 9.74. The lowest BCUT2D eigenvalue weighted by Crippen LogP contribution is -2.34. The van der Waals surface area contributed by atoms with E-state index in [0.29, 0.717) is 49.9 Å². The summed E-state index contributed by atoms with van der Waals surface area (Å²) in [5, 5.41) is 3.03. The lowest BCUT2D eigenvalue weighted by molar-refractivity contribution is 0.0925. The van der Waals surface area contributed by atoms with Crippen molar-refractivity contribution >= 4 is 5.91 Å². The highest BCUT2D eigenvalue weighted by Gasteiger charge is 2.37. The number of aryl methyl sites for hydroxylation is 1. The first-order valence-electron chi connectivity index (χ1n) is 17.1. The number of fused-ring (bicyclic) bond motifs is 1. The predicted molar refractivity (Wildman–Crippen MR) is 192 cm³/mol. The summed E-state index contributed by atoms with van der Waals surface area (Å²) in [6.45, 7) is 12.9. The molecule has 0 bridgehead atoms. The number of amides is 1. The van der Waals surface area contributed by atoms with Gasteiger partial charge in [-0.15, -0.1) is 0 Å². The van der Waals surface area contributed by atoms with Crippen molar-refractivity contribution in [1.82, 2.24) is 5.32 Å². The van der Waals surface area contributed by atoms with Gasteiger partial charge in [-0.1, -0.05) is 107 Å². The highest BCUT2D eigenvalue weighted by Crippen LogP contribution is 2.46. The lowest BCUT2D eigenvalue weighted by Gasteiger charge is -2.42. The van der Waals surface area contributed by atoms with E-state index in [9.17, 15) is 4.79 Å². The molecule has 48 heavy (non-hydrogen) atoms. The Morgan fingerprint density at radius 3 is 1.96 bits per heavy atom. The number of nitrogens with one attached hydrogen (secondary N) is 1. The number of carbonyl (C=O) groups is 1. The Hall–Kier alpha value is -4.77.